The summed E-state index contributed by atoms with van der Waals surface area (Å²) in [5.74, 6) is 2.72. The first-order chi connectivity index (χ1) is 9.10. The number of benzene rings is 1. The van der Waals surface area contributed by atoms with Gasteiger partial charge in [-0.15, -0.1) is 0 Å². The summed E-state index contributed by atoms with van der Waals surface area (Å²) in [7, 11) is 5.01. The van der Waals surface area contributed by atoms with Gasteiger partial charge in [-0.25, -0.2) is 9.67 Å². The van der Waals surface area contributed by atoms with Crippen molar-refractivity contribution in [3.63, 3.8) is 0 Å². The van der Waals surface area contributed by atoms with Gasteiger partial charge in [0.25, 0.3) is 0 Å². The second-order valence-electron chi connectivity index (χ2n) is 4.12. The summed E-state index contributed by atoms with van der Waals surface area (Å²) < 4.78 is 12.2. The number of anilines is 1. The Bertz CT molecular complexity index is 593. The number of methoxy groups -OCH3 is 2. The van der Waals surface area contributed by atoms with Gasteiger partial charge in [-0.2, -0.15) is 5.10 Å². The lowest BCUT2D eigenvalue weighted by Gasteiger charge is -2.11. The zero-order valence-electron chi connectivity index (χ0n) is 11.6. The van der Waals surface area contributed by atoms with Gasteiger partial charge in [0.1, 0.15) is 0 Å². The van der Waals surface area contributed by atoms with Crippen molar-refractivity contribution < 1.29 is 9.47 Å². The van der Waals surface area contributed by atoms with E-state index < -0.39 is 0 Å². The Hall–Kier alpha value is -2.24. The maximum atomic E-state index is 6.06. The molecule has 2 rings (SSSR count). The van der Waals surface area contributed by atoms with E-state index in [1.165, 1.54) is 0 Å². The monoisotopic (exact) mass is 262 g/mol. The van der Waals surface area contributed by atoms with Crippen molar-refractivity contribution in [1.29, 1.82) is 0 Å². The molecule has 0 saturated carbocycles. The van der Waals surface area contributed by atoms with Crippen LogP contribution < -0.4 is 15.2 Å². The zero-order valence-corrected chi connectivity index (χ0v) is 11.6. The molecule has 6 nitrogen and oxygen atoms in total. The number of nitrogen functional groups attached to an aromatic ring is 1. The van der Waals surface area contributed by atoms with Crippen molar-refractivity contribution in [1.82, 2.24) is 14.8 Å². The molecule has 6 heteroatoms. The van der Waals surface area contributed by atoms with Crippen molar-refractivity contribution in [2.75, 3.05) is 20.0 Å². The third-order valence-corrected chi connectivity index (χ3v) is 2.92. The quantitative estimate of drug-likeness (QED) is 0.848. The van der Waals surface area contributed by atoms with Crippen molar-refractivity contribution in [3.05, 3.63) is 18.0 Å². The average Bonchev–Trinajstić information content (AvgIpc) is 2.79. The highest BCUT2D eigenvalue weighted by Gasteiger charge is 2.15. The van der Waals surface area contributed by atoms with Crippen LogP contribution in [0.2, 0.25) is 0 Å². The normalized spacial score (nSPS) is 10.5. The van der Waals surface area contributed by atoms with E-state index in [2.05, 4.69) is 10.1 Å². The van der Waals surface area contributed by atoms with Gasteiger partial charge in [-0.3, -0.25) is 0 Å². The first-order valence-electron chi connectivity index (χ1n) is 6.02. The van der Waals surface area contributed by atoms with Gasteiger partial charge in [0, 0.05) is 30.8 Å². The minimum Gasteiger partial charge on any atom is -0.493 e. The Morgan fingerprint density at radius 3 is 2.37 bits per heavy atom. The Kier molecular flexibility index (Phi) is 3.59. The number of rotatable bonds is 4. The molecule has 0 aliphatic rings. The number of hydrogen-bond acceptors (Lipinski definition) is 5. The molecule has 0 fully saturated rings. The molecule has 2 aromatic rings. The lowest BCUT2D eigenvalue weighted by atomic mass is 10.1. The Morgan fingerprint density at radius 2 is 1.84 bits per heavy atom. The van der Waals surface area contributed by atoms with Crippen molar-refractivity contribution >= 4 is 5.69 Å². The van der Waals surface area contributed by atoms with Crippen LogP contribution in [0.3, 0.4) is 0 Å². The Morgan fingerprint density at radius 1 is 1.21 bits per heavy atom. The maximum absolute atomic E-state index is 6.06. The molecule has 0 bridgehead atoms. The predicted octanol–water partition coefficient (Wildman–Crippen LogP) is 1.64. The first kappa shape index (κ1) is 13.2. The first-order valence-corrected chi connectivity index (χ1v) is 6.02. The smallest absolute Gasteiger partial charge is 0.162 e. The van der Waals surface area contributed by atoms with Crippen LogP contribution in [0.4, 0.5) is 5.69 Å². The fourth-order valence-electron chi connectivity index (χ4n) is 1.91. The van der Waals surface area contributed by atoms with Crippen molar-refractivity contribution in [2.24, 2.45) is 7.05 Å². The van der Waals surface area contributed by atoms with E-state index >= 15 is 0 Å². The molecule has 0 atom stereocenters. The highest BCUT2D eigenvalue weighted by molar-refractivity contribution is 5.76. The Balaban J connectivity index is 2.58. The van der Waals surface area contributed by atoms with Crippen LogP contribution >= 0.6 is 0 Å². The molecule has 2 N–H and O–H groups in total. The van der Waals surface area contributed by atoms with E-state index in [0.717, 1.165) is 23.6 Å². The Labute approximate surface area is 112 Å². The van der Waals surface area contributed by atoms with Crippen LogP contribution in [0.15, 0.2) is 12.1 Å². The fourth-order valence-corrected chi connectivity index (χ4v) is 1.91. The van der Waals surface area contributed by atoms with E-state index in [1.807, 2.05) is 20.0 Å². The summed E-state index contributed by atoms with van der Waals surface area (Å²) in [5.41, 5.74) is 7.42. The SMILES string of the molecule is CCc1nc(-c2cc(OC)c(OC)cc2N)n(C)n1. The van der Waals surface area contributed by atoms with Gasteiger partial charge in [0.05, 0.1) is 14.2 Å². The molecule has 0 radical (unpaired) electrons. The van der Waals surface area contributed by atoms with Gasteiger partial charge in [0.2, 0.25) is 0 Å². The summed E-state index contributed by atoms with van der Waals surface area (Å²) in [6, 6.07) is 3.55. The molecule has 0 aliphatic carbocycles. The second-order valence-corrected chi connectivity index (χ2v) is 4.12. The van der Waals surface area contributed by atoms with Crippen molar-refractivity contribution in [3.8, 4) is 22.9 Å². The van der Waals surface area contributed by atoms with Crippen LogP contribution in [0, 0.1) is 0 Å². The van der Waals surface area contributed by atoms with Crippen molar-refractivity contribution in [2.45, 2.75) is 13.3 Å². The van der Waals surface area contributed by atoms with Gasteiger partial charge in [-0.1, -0.05) is 6.92 Å². The third kappa shape index (κ3) is 2.33. The highest BCUT2D eigenvalue weighted by atomic mass is 16.5. The second kappa shape index (κ2) is 5.17. The maximum Gasteiger partial charge on any atom is 0.162 e. The molecule has 0 spiro atoms. The molecule has 19 heavy (non-hydrogen) atoms. The number of hydrogen-bond donors (Lipinski definition) is 1. The largest absolute Gasteiger partial charge is 0.493 e. The highest BCUT2D eigenvalue weighted by Crippen LogP contribution is 2.36. The number of ether oxygens (including phenoxy) is 2. The summed E-state index contributed by atoms with van der Waals surface area (Å²) >= 11 is 0. The standard InChI is InChI=1S/C13H18N4O2/c1-5-12-15-13(17(2)16-12)8-6-10(18-3)11(19-4)7-9(8)14/h6-7H,5,14H2,1-4H3. The summed E-state index contributed by atoms with van der Waals surface area (Å²) in [6.07, 6.45) is 0.779. The summed E-state index contributed by atoms with van der Waals surface area (Å²) in [6.45, 7) is 2.01. The van der Waals surface area contributed by atoms with E-state index in [9.17, 15) is 0 Å². The van der Waals surface area contributed by atoms with Crippen LogP contribution in [0.1, 0.15) is 12.7 Å². The minimum atomic E-state index is 0.579. The van der Waals surface area contributed by atoms with E-state index in [1.54, 1.807) is 25.0 Å². The molecule has 1 heterocycles. The summed E-state index contributed by atoms with van der Waals surface area (Å²) in [5, 5.41) is 4.32. The van der Waals surface area contributed by atoms with Gasteiger partial charge in [-0.05, 0) is 6.07 Å². The van der Waals surface area contributed by atoms with Gasteiger partial charge in [0.15, 0.2) is 23.1 Å². The number of nitrogens with two attached hydrogens (primary N) is 1. The molecule has 0 aliphatic heterocycles. The van der Waals surface area contributed by atoms with E-state index in [4.69, 9.17) is 15.2 Å². The van der Waals surface area contributed by atoms with Gasteiger partial charge >= 0.3 is 0 Å². The average molecular weight is 262 g/mol. The molecular weight excluding hydrogens is 244 g/mol. The fraction of sp³-hybridized carbons (Fsp3) is 0.385. The van der Waals surface area contributed by atoms with E-state index in [-0.39, 0.29) is 0 Å². The third-order valence-electron chi connectivity index (χ3n) is 2.92. The molecule has 102 valence electrons. The predicted molar refractivity (Wildman–Crippen MR) is 73.3 cm³/mol. The number of aryl methyl sites for hydroxylation is 2. The molecule has 0 amide bonds. The van der Waals surface area contributed by atoms with Crippen LogP contribution in [0.25, 0.3) is 11.4 Å². The zero-order chi connectivity index (χ0) is 14.0. The van der Waals surface area contributed by atoms with E-state index in [0.29, 0.717) is 17.2 Å². The van der Waals surface area contributed by atoms with Crippen LogP contribution in [-0.4, -0.2) is 29.0 Å². The molecule has 1 aromatic carbocycles. The molecule has 0 unspecified atom stereocenters. The van der Waals surface area contributed by atoms with Crippen LogP contribution in [-0.2, 0) is 13.5 Å². The topological polar surface area (TPSA) is 75.2 Å². The lowest BCUT2D eigenvalue weighted by Crippen LogP contribution is -2.00. The molecular formula is C13H18N4O2. The van der Waals surface area contributed by atoms with Gasteiger partial charge < -0.3 is 15.2 Å². The lowest BCUT2D eigenvalue weighted by molar-refractivity contribution is 0.355. The number of aromatic nitrogens is 3. The number of nitrogens with zero attached hydrogens (tertiary/aromatic N) is 3. The molecule has 1 aromatic heterocycles. The summed E-state index contributed by atoms with van der Waals surface area (Å²) in [4.78, 5) is 4.47. The minimum absolute atomic E-state index is 0.579. The molecule has 0 saturated heterocycles. The van der Waals surface area contributed by atoms with Crippen LogP contribution in [0.5, 0.6) is 11.5 Å².